The average molecular weight is 447 g/mol. The lowest BCUT2D eigenvalue weighted by molar-refractivity contribution is -0.0300. The highest BCUT2D eigenvalue weighted by Gasteiger charge is 2.35. The van der Waals surface area contributed by atoms with Crippen LogP contribution in [0.25, 0.3) is 0 Å². The molecule has 2 aromatic carbocycles. The molecular formula is C24H25N5O4. The molecule has 1 aliphatic rings. The van der Waals surface area contributed by atoms with Crippen LogP contribution in [0, 0.1) is 5.41 Å². The Morgan fingerprint density at radius 1 is 1.12 bits per heavy atom. The second-order valence-electron chi connectivity index (χ2n) is 8.11. The summed E-state index contributed by atoms with van der Waals surface area (Å²) in [6.45, 7) is 0.747. The van der Waals surface area contributed by atoms with E-state index in [0.717, 1.165) is 6.21 Å². The standard InChI is InChI=1S/C24H25N5O4/c25-14-18-21(27-19-8-4-5-9-20(19)30)26-16-29(23(18)32)15-24(33)10-12-28(13-11-24)22(31)17-6-2-1-3-7-17/h1-9,14,16,25,27,30,33H,10-13,15H2. The van der Waals surface area contributed by atoms with Crippen LogP contribution >= 0.6 is 0 Å². The quantitative estimate of drug-likeness (QED) is 0.339. The number of nitrogens with one attached hydrogen (secondary N) is 2. The second kappa shape index (κ2) is 9.25. The van der Waals surface area contributed by atoms with Crippen molar-refractivity contribution in [3.05, 3.63) is 82.4 Å². The summed E-state index contributed by atoms with van der Waals surface area (Å²) in [6, 6.07) is 15.5. The first-order chi connectivity index (χ1) is 15.9. The number of para-hydroxylation sites is 2. The van der Waals surface area contributed by atoms with Gasteiger partial charge in [-0.3, -0.25) is 14.2 Å². The van der Waals surface area contributed by atoms with E-state index in [9.17, 15) is 19.8 Å². The zero-order valence-electron chi connectivity index (χ0n) is 17.9. The lowest BCUT2D eigenvalue weighted by atomic mass is 9.91. The first kappa shape index (κ1) is 22.2. The number of phenolic OH excluding ortho intramolecular Hbond substituents is 1. The fourth-order valence-electron chi connectivity index (χ4n) is 3.92. The van der Waals surface area contributed by atoms with E-state index in [2.05, 4.69) is 10.3 Å². The number of benzene rings is 2. The summed E-state index contributed by atoms with van der Waals surface area (Å²) < 4.78 is 1.28. The highest BCUT2D eigenvalue weighted by molar-refractivity contribution is 5.94. The predicted molar refractivity (Wildman–Crippen MR) is 124 cm³/mol. The zero-order chi connectivity index (χ0) is 23.4. The van der Waals surface area contributed by atoms with Gasteiger partial charge in [-0.2, -0.15) is 0 Å². The van der Waals surface area contributed by atoms with Gasteiger partial charge in [-0.15, -0.1) is 0 Å². The third kappa shape index (κ3) is 4.78. The lowest BCUT2D eigenvalue weighted by Gasteiger charge is -2.38. The summed E-state index contributed by atoms with van der Waals surface area (Å²) in [5, 5.41) is 31.6. The minimum atomic E-state index is -1.18. The molecule has 0 unspecified atom stereocenters. The minimum absolute atomic E-state index is 0.00388. The number of hydrogen-bond donors (Lipinski definition) is 4. The number of rotatable bonds is 6. The maximum atomic E-state index is 13.0. The maximum Gasteiger partial charge on any atom is 0.264 e. The highest BCUT2D eigenvalue weighted by atomic mass is 16.3. The van der Waals surface area contributed by atoms with Gasteiger partial charge >= 0.3 is 0 Å². The normalized spacial score (nSPS) is 15.1. The summed E-state index contributed by atoms with van der Waals surface area (Å²) in [7, 11) is 0. The van der Waals surface area contributed by atoms with Crippen molar-refractivity contribution in [3.8, 4) is 5.75 Å². The van der Waals surface area contributed by atoms with Gasteiger partial charge in [0.05, 0.1) is 24.2 Å². The number of carbonyl (C=O) groups excluding carboxylic acids is 1. The largest absolute Gasteiger partial charge is 0.506 e. The molecule has 9 heteroatoms. The molecule has 33 heavy (non-hydrogen) atoms. The molecule has 9 nitrogen and oxygen atoms in total. The number of aromatic nitrogens is 2. The number of phenols is 1. The summed E-state index contributed by atoms with van der Waals surface area (Å²) in [5.41, 5.74) is -0.675. The van der Waals surface area contributed by atoms with E-state index in [1.165, 1.54) is 17.0 Å². The number of piperidine rings is 1. The molecule has 1 fully saturated rings. The molecular weight excluding hydrogens is 422 g/mol. The van der Waals surface area contributed by atoms with E-state index in [1.54, 1.807) is 35.2 Å². The van der Waals surface area contributed by atoms with Crippen LogP contribution in [-0.4, -0.2) is 55.5 Å². The van der Waals surface area contributed by atoms with Crippen LogP contribution in [0.15, 0.2) is 65.7 Å². The van der Waals surface area contributed by atoms with Gasteiger partial charge in [-0.25, -0.2) is 4.98 Å². The van der Waals surface area contributed by atoms with Crippen LogP contribution in [0.4, 0.5) is 11.5 Å². The summed E-state index contributed by atoms with van der Waals surface area (Å²) in [6.07, 6.45) is 2.85. The third-order valence-electron chi connectivity index (χ3n) is 5.84. The number of aromatic hydroxyl groups is 1. The second-order valence-corrected chi connectivity index (χ2v) is 8.11. The van der Waals surface area contributed by atoms with E-state index in [-0.39, 0.29) is 29.6 Å². The van der Waals surface area contributed by atoms with E-state index in [1.807, 2.05) is 18.2 Å². The van der Waals surface area contributed by atoms with Crippen molar-refractivity contribution in [2.75, 3.05) is 18.4 Å². The molecule has 0 aliphatic carbocycles. The SMILES string of the molecule is N=Cc1c(Nc2ccccc2O)ncn(CC2(O)CCN(C(=O)c3ccccc3)CC2)c1=O. The van der Waals surface area contributed by atoms with E-state index in [4.69, 9.17) is 5.41 Å². The van der Waals surface area contributed by atoms with Crippen LogP contribution in [-0.2, 0) is 6.54 Å². The van der Waals surface area contributed by atoms with E-state index < -0.39 is 11.2 Å². The molecule has 2 heterocycles. The van der Waals surface area contributed by atoms with Crippen molar-refractivity contribution in [1.29, 1.82) is 5.41 Å². The molecule has 1 amide bonds. The van der Waals surface area contributed by atoms with Crippen LogP contribution in [0.3, 0.4) is 0 Å². The number of likely N-dealkylation sites (tertiary alicyclic amines) is 1. The van der Waals surface area contributed by atoms with Crippen molar-refractivity contribution >= 4 is 23.6 Å². The molecule has 0 spiro atoms. The maximum absolute atomic E-state index is 13.0. The summed E-state index contributed by atoms with van der Waals surface area (Å²) in [5.74, 6) is 0.0516. The molecule has 1 saturated heterocycles. The molecule has 1 aliphatic heterocycles. The fraction of sp³-hybridized carbons (Fsp3) is 0.250. The van der Waals surface area contributed by atoms with Crippen LogP contribution < -0.4 is 10.9 Å². The van der Waals surface area contributed by atoms with Gasteiger partial charge in [0, 0.05) is 24.9 Å². The van der Waals surface area contributed by atoms with Gasteiger partial charge in [0.25, 0.3) is 11.5 Å². The number of amides is 1. The smallest absolute Gasteiger partial charge is 0.264 e. The molecule has 3 aromatic rings. The Bertz CT molecular complexity index is 1220. The first-order valence-electron chi connectivity index (χ1n) is 10.6. The molecule has 1 aromatic heterocycles. The van der Waals surface area contributed by atoms with E-state index >= 15 is 0 Å². The number of nitrogens with zero attached hydrogens (tertiary/aromatic N) is 3. The predicted octanol–water partition coefficient (Wildman–Crippen LogP) is 2.36. The topological polar surface area (TPSA) is 132 Å². The van der Waals surface area contributed by atoms with Crippen molar-refractivity contribution in [2.24, 2.45) is 0 Å². The third-order valence-corrected chi connectivity index (χ3v) is 5.84. The highest BCUT2D eigenvalue weighted by Crippen LogP contribution is 2.27. The first-order valence-corrected chi connectivity index (χ1v) is 10.6. The molecule has 170 valence electrons. The number of hydrogen-bond acceptors (Lipinski definition) is 7. The average Bonchev–Trinajstić information content (AvgIpc) is 2.83. The van der Waals surface area contributed by atoms with Crippen LogP contribution in [0.2, 0.25) is 0 Å². The van der Waals surface area contributed by atoms with Gasteiger partial charge in [0.15, 0.2) is 0 Å². The van der Waals surface area contributed by atoms with Crippen molar-refractivity contribution in [3.63, 3.8) is 0 Å². The fourth-order valence-corrected chi connectivity index (χ4v) is 3.92. The lowest BCUT2D eigenvalue weighted by Crippen LogP contribution is -2.49. The summed E-state index contributed by atoms with van der Waals surface area (Å²) in [4.78, 5) is 31.6. The number of anilines is 2. The van der Waals surface area contributed by atoms with Crippen molar-refractivity contribution in [2.45, 2.75) is 25.0 Å². The van der Waals surface area contributed by atoms with Gasteiger partial charge in [-0.05, 0) is 37.1 Å². The molecule has 0 radical (unpaired) electrons. The molecule has 0 atom stereocenters. The number of aliphatic hydroxyl groups is 1. The zero-order valence-corrected chi connectivity index (χ0v) is 17.9. The van der Waals surface area contributed by atoms with E-state index in [0.29, 0.717) is 37.2 Å². The Kier molecular flexibility index (Phi) is 6.23. The Morgan fingerprint density at radius 3 is 2.45 bits per heavy atom. The monoisotopic (exact) mass is 447 g/mol. The van der Waals surface area contributed by atoms with Gasteiger partial charge in [0.1, 0.15) is 17.1 Å². The Balaban J connectivity index is 1.48. The Morgan fingerprint density at radius 2 is 1.79 bits per heavy atom. The number of carbonyl (C=O) groups is 1. The Hall–Kier alpha value is -3.98. The molecule has 4 N–H and O–H groups in total. The summed E-state index contributed by atoms with van der Waals surface area (Å²) >= 11 is 0. The minimum Gasteiger partial charge on any atom is -0.506 e. The van der Waals surface area contributed by atoms with Gasteiger partial charge in [-0.1, -0.05) is 30.3 Å². The van der Waals surface area contributed by atoms with Crippen LogP contribution in [0.1, 0.15) is 28.8 Å². The van der Waals surface area contributed by atoms with Gasteiger partial charge < -0.3 is 25.8 Å². The van der Waals surface area contributed by atoms with Crippen LogP contribution in [0.5, 0.6) is 5.75 Å². The van der Waals surface area contributed by atoms with Crippen molar-refractivity contribution in [1.82, 2.24) is 14.5 Å². The molecule has 0 bridgehead atoms. The Labute approximate surface area is 190 Å². The van der Waals surface area contributed by atoms with Gasteiger partial charge in [0.2, 0.25) is 0 Å². The van der Waals surface area contributed by atoms with Crippen molar-refractivity contribution < 1.29 is 15.0 Å². The molecule has 0 saturated carbocycles. The molecule has 4 rings (SSSR count).